The molecule has 1 aromatic rings. The minimum Gasteiger partial charge on any atom is -0.468 e. The maximum Gasteiger partial charge on any atom is 0.323 e. The van der Waals surface area contributed by atoms with Crippen molar-refractivity contribution in [1.82, 2.24) is 15.1 Å². The average Bonchev–Trinajstić information content (AvgIpc) is 2.86. The minimum absolute atomic E-state index is 0.133. The van der Waals surface area contributed by atoms with Crippen LogP contribution in [0.1, 0.15) is 50.4 Å². The van der Waals surface area contributed by atoms with Crippen LogP contribution in [0, 0.1) is 5.92 Å². The van der Waals surface area contributed by atoms with E-state index in [2.05, 4.69) is 48.0 Å². The second-order valence-electron chi connectivity index (χ2n) is 9.09. The van der Waals surface area contributed by atoms with Gasteiger partial charge in [-0.05, 0) is 49.6 Å². The molecule has 178 valence electrons. The maximum absolute atomic E-state index is 12.8. The number of benzene rings is 1. The van der Waals surface area contributed by atoms with Gasteiger partial charge >= 0.3 is 5.97 Å². The molecule has 1 amide bonds. The molecule has 3 rings (SSSR count). The molecule has 2 saturated heterocycles. The summed E-state index contributed by atoms with van der Waals surface area (Å²) in [5.41, 5.74) is 1.92. The number of esters is 1. The van der Waals surface area contributed by atoms with E-state index in [0.717, 1.165) is 76.3 Å². The topological polar surface area (TPSA) is 65.1 Å². The van der Waals surface area contributed by atoms with Crippen LogP contribution < -0.4 is 10.2 Å². The van der Waals surface area contributed by atoms with Gasteiger partial charge in [0.05, 0.1) is 7.11 Å². The van der Waals surface area contributed by atoms with Crippen LogP contribution >= 0.6 is 0 Å². The number of methoxy groups -OCH3 is 1. The van der Waals surface area contributed by atoms with Gasteiger partial charge in [0, 0.05) is 56.6 Å². The first-order chi connectivity index (χ1) is 15.5. The number of nitrogens with one attached hydrogen (secondary N) is 1. The third kappa shape index (κ3) is 6.01. The van der Waals surface area contributed by atoms with E-state index in [-0.39, 0.29) is 23.8 Å². The SMILES string of the molecule is CC[C@H](C)[C@H](NC1CCN(c2ccc(C(=O)N3CCN(CC)CC3)cc2)CC1)C(=O)OC. The summed E-state index contributed by atoms with van der Waals surface area (Å²) in [5.74, 6) is 0.211. The largest absolute Gasteiger partial charge is 0.468 e. The Bertz CT molecular complexity index is 738. The summed E-state index contributed by atoms with van der Waals surface area (Å²) in [6.45, 7) is 12.8. The highest BCUT2D eigenvalue weighted by atomic mass is 16.5. The van der Waals surface area contributed by atoms with Gasteiger partial charge in [0.15, 0.2) is 0 Å². The number of piperidine rings is 1. The number of rotatable bonds is 8. The van der Waals surface area contributed by atoms with Gasteiger partial charge in [0.25, 0.3) is 5.91 Å². The molecule has 0 radical (unpaired) electrons. The highest BCUT2D eigenvalue weighted by Crippen LogP contribution is 2.22. The summed E-state index contributed by atoms with van der Waals surface area (Å²) in [5, 5.41) is 3.54. The van der Waals surface area contributed by atoms with Gasteiger partial charge in [0.2, 0.25) is 0 Å². The second kappa shape index (κ2) is 11.7. The molecule has 1 N–H and O–H groups in total. The van der Waals surface area contributed by atoms with E-state index in [1.807, 2.05) is 17.0 Å². The van der Waals surface area contributed by atoms with Crippen molar-refractivity contribution in [1.29, 1.82) is 0 Å². The fourth-order valence-electron chi connectivity index (χ4n) is 4.65. The number of hydrogen-bond donors (Lipinski definition) is 1. The Morgan fingerprint density at radius 3 is 2.19 bits per heavy atom. The van der Waals surface area contributed by atoms with Crippen LogP contribution in [0.4, 0.5) is 5.69 Å². The fourth-order valence-corrected chi connectivity index (χ4v) is 4.65. The van der Waals surface area contributed by atoms with Crippen LogP contribution in [0.25, 0.3) is 0 Å². The number of carbonyl (C=O) groups excluding carboxylic acids is 2. The Morgan fingerprint density at radius 1 is 1.03 bits per heavy atom. The van der Waals surface area contributed by atoms with Crippen LogP contribution in [-0.2, 0) is 9.53 Å². The molecule has 0 aliphatic carbocycles. The van der Waals surface area contributed by atoms with Crippen molar-refractivity contribution in [2.45, 2.75) is 52.1 Å². The van der Waals surface area contributed by atoms with Crippen LogP contribution in [0.2, 0.25) is 0 Å². The van der Waals surface area contributed by atoms with Gasteiger partial charge in [-0.25, -0.2) is 0 Å². The molecule has 7 heteroatoms. The number of nitrogens with zero attached hydrogens (tertiary/aromatic N) is 3. The van der Waals surface area contributed by atoms with E-state index in [9.17, 15) is 9.59 Å². The summed E-state index contributed by atoms with van der Waals surface area (Å²) < 4.78 is 5.01. The molecule has 0 spiro atoms. The highest BCUT2D eigenvalue weighted by Gasteiger charge is 2.29. The first kappa shape index (κ1) is 24.5. The summed E-state index contributed by atoms with van der Waals surface area (Å²) in [6, 6.07) is 8.13. The predicted molar refractivity (Wildman–Crippen MR) is 128 cm³/mol. The first-order valence-electron chi connectivity index (χ1n) is 12.2. The van der Waals surface area contributed by atoms with Crippen LogP contribution in [0.5, 0.6) is 0 Å². The number of ether oxygens (including phenoxy) is 1. The number of piperazine rings is 1. The number of hydrogen-bond acceptors (Lipinski definition) is 6. The van der Waals surface area contributed by atoms with Gasteiger partial charge in [-0.2, -0.15) is 0 Å². The van der Waals surface area contributed by atoms with Crippen molar-refractivity contribution in [2.24, 2.45) is 5.92 Å². The van der Waals surface area contributed by atoms with Crippen molar-refractivity contribution >= 4 is 17.6 Å². The van der Waals surface area contributed by atoms with Crippen LogP contribution in [0.15, 0.2) is 24.3 Å². The van der Waals surface area contributed by atoms with Gasteiger partial charge in [-0.15, -0.1) is 0 Å². The van der Waals surface area contributed by atoms with Crippen LogP contribution in [0.3, 0.4) is 0 Å². The van der Waals surface area contributed by atoms with E-state index in [1.165, 1.54) is 7.11 Å². The predicted octanol–water partition coefficient (Wildman–Crippen LogP) is 2.61. The quantitative estimate of drug-likeness (QED) is 0.622. The summed E-state index contributed by atoms with van der Waals surface area (Å²) >= 11 is 0. The molecule has 2 aliphatic heterocycles. The lowest BCUT2D eigenvalue weighted by atomic mass is 9.96. The Balaban J connectivity index is 1.51. The fraction of sp³-hybridized carbons (Fsp3) is 0.680. The van der Waals surface area contributed by atoms with Crippen molar-refractivity contribution in [3.8, 4) is 0 Å². The van der Waals surface area contributed by atoms with E-state index >= 15 is 0 Å². The third-order valence-electron chi connectivity index (χ3n) is 7.16. The van der Waals surface area contributed by atoms with Crippen LogP contribution in [-0.4, -0.2) is 86.7 Å². The minimum atomic E-state index is -0.244. The van der Waals surface area contributed by atoms with E-state index in [0.29, 0.717) is 6.04 Å². The van der Waals surface area contributed by atoms with E-state index in [4.69, 9.17) is 4.74 Å². The van der Waals surface area contributed by atoms with Gasteiger partial charge in [0.1, 0.15) is 6.04 Å². The molecular formula is C25H40N4O3. The first-order valence-corrected chi connectivity index (χ1v) is 12.2. The monoisotopic (exact) mass is 444 g/mol. The molecule has 0 unspecified atom stereocenters. The van der Waals surface area contributed by atoms with Gasteiger partial charge in [-0.1, -0.05) is 27.2 Å². The molecule has 0 bridgehead atoms. The Labute approximate surface area is 193 Å². The molecule has 7 nitrogen and oxygen atoms in total. The molecule has 32 heavy (non-hydrogen) atoms. The number of likely N-dealkylation sites (N-methyl/N-ethyl adjacent to an activating group) is 1. The van der Waals surface area contributed by atoms with Gasteiger partial charge < -0.3 is 24.8 Å². The average molecular weight is 445 g/mol. The summed E-state index contributed by atoms with van der Waals surface area (Å²) in [7, 11) is 1.46. The van der Waals surface area contributed by atoms with Crippen molar-refractivity contribution in [3.63, 3.8) is 0 Å². The Hall–Kier alpha value is -2.12. The Kier molecular flexibility index (Phi) is 8.93. The molecule has 2 aliphatic rings. The van der Waals surface area contributed by atoms with E-state index < -0.39 is 0 Å². The standard InChI is InChI=1S/C25H40N4O3/c1-5-19(3)23(25(31)32-4)26-21-11-13-28(14-12-21)22-9-7-20(8-10-22)24(30)29-17-15-27(6-2)16-18-29/h7-10,19,21,23,26H,5-6,11-18H2,1-4H3/t19-,23-/m0/s1. The lowest BCUT2D eigenvalue weighted by Crippen LogP contribution is -2.51. The molecule has 1 aromatic carbocycles. The molecule has 2 atom stereocenters. The molecular weight excluding hydrogens is 404 g/mol. The molecule has 2 heterocycles. The lowest BCUT2D eigenvalue weighted by Gasteiger charge is -2.36. The number of amides is 1. The zero-order chi connectivity index (χ0) is 23.1. The molecule has 0 aromatic heterocycles. The third-order valence-corrected chi connectivity index (χ3v) is 7.16. The van der Waals surface area contributed by atoms with Crippen molar-refractivity contribution < 1.29 is 14.3 Å². The molecule has 2 fully saturated rings. The lowest BCUT2D eigenvalue weighted by molar-refractivity contribution is -0.144. The zero-order valence-electron chi connectivity index (χ0n) is 20.2. The molecule has 0 saturated carbocycles. The Morgan fingerprint density at radius 2 is 1.66 bits per heavy atom. The normalized spacial score (nSPS) is 20.1. The highest BCUT2D eigenvalue weighted by molar-refractivity contribution is 5.94. The van der Waals surface area contributed by atoms with Crippen molar-refractivity contribution in [3.05, 3.63) is 29.8 Å². The summed E-state index contributed by atoms with van der Waals surface area (Å²) in [6.07, 6.45) is 2.89. The maximum atomic E-state index is 12.8. The summed E-state index contributed by atoms with van der Waals surface area (Å²) in [4.78, 5) is 31.7. The smallest absolute Gasteiger partial charge is 0.323 e. The number of carbonyl (C=O) groups is 2. The zero-order valence-corrected chi connectivity index (χ0v) is 20.2. The van der Waals surface area contributed by atoms with E-state index in [1.54, 1.807) is 0 Å². The second-order valence-corrected chi connectivity index (χ2v) is 9.09. The van der Waals surface area contributed by atoms with Crippen molar-refractivity contribution in [2.75, 3.05) is 57.8 Å². The number of anilines is 1. The van der Waals surface area contributed by atoms with Gasteiger partial charge in [-0.3, -0.25) is 9.59 Å².